The number of carbonyl (C=O) groups excluding carboxylic acids is 2. The maximum atomic E-state index is 13.7. The minimum absolute atomic E-state index is 0.0591. The summed E-state index contributed by atoms with van der Waals surface area (Å²) in [6.45, 7) is 0. The number of anilines is 1. The first-order valence-corrected chi connectivity index (χ1v) is 8.80. The number of aromatic nitrogens is 3. The van der Waals surface area contributed by atoms with Crippen molar-refractivity contribution >= 4 is 40.1 Å². The van der Waals surface area contributed by atoms with Crippen LogP contribution in [0.2, 0.25) is 5.02 Å². The van der Waals surface area contributed by atoms with Gasteiger partial charge in [-0.2, -0.15) is 5.10 Å². The van der Waals surface area contributed by atoms with Gasteiger partial charge in [0.2, 0.25) is 0 Å². The summed E-state index contributed by atoms with van der Waals surface area (Å²) in [7, 11) is 0. The Balaban J connectivity index is 1.71. The van der Waals surface area contributed by atoms with Crippen molar-refractivity contribution in [3.8, 4) is 11.3 Å². The third-order valence-electron chi connectivity index (χ3n) is 4.73. The van der Waals surface area contributed by atoms with Crippen LogP contribution in [0.5, 0.6) is 0 Å². The third-order valence-corrected chi connectivity index (χ3v) is 4.98. The van der Waals surface area contributed by atoms with Gasteiger partial charge in [0.1, 0.15) is 0 Å². The van der Waals surface area contributed by atoms with E-state index in [9.17, 15) is 18.4 Å². The fraction of sp³-hybridized carbons (Fsp3) is 0. The molecule has 2 aromatic carbocycles. The number of H-pyrrole nitrogens is 1. The first kappa shape index (κ1) is 17.4. The standard InChI is InChI=1S/C20H9ClF2N4O2/c21-10-3-1-9(2-4-10)17-16-15-12(8-24-18(16)26-25-17)19(28)27(20(15)29)11-5-6-13(22)14(23)7-11/h1-8H,(H,24,25,26). The molecule has 29 heavy (non-hydrogen) atoms. The van der Waals surface area contributed by atoms with Gasteiger partial charge in [-0.1, -0.05) is 23.7 Å². The highest BCUT2D eigenvalue weighted by Gasteiger charge is 2.40. The number of nitrogens with one attached hydrogen (secondary N) is 1. The predicted octanol–water partition coefficient (Wildman–Crippen LogP) is 4.36. The Morgan fingerprint density at radius 1 is 0.966 bits per heavy atom. The number of benzene rings is 2. The van der Waals surface area contributed by atoms with E-state index in [4.69, 9.17) is 11.6 Å². The second kappa shape index (κ2) is 6.18. The van der Waals surface area contributed by atoms with Crippen LogP contribution in [-0.2, 0) is 0 Å². The number of rotatable bonds is 2. The maximum absolute atomic E-state index is 13.7. The molecule has 4 aromatic rings. The van der Waals surface area contributed by atoms with Crippen molar-refractivity contribution in [2.75, 3.05) is 4.90 Å². The zero-order valence-electron chi connectivity index (χ0n) is 14.4. The van der Waals surface area contributed by atoms with E-state index in [0.29, 0.717) is 21.7 Å². The van der Waals surface area contributed by atoms with Crippen molar-refractivity contribution < 1.29 is 18.4 Å². The van der Waals surface area contributed by atoms with Gasteiger partial charge in [0.25, 0.3) is 11.8 Å². The Kier molecular flexibility index (Phi) is 3.72. The van der Waals surface area contributed by atoms with E-state index in [1.165, 1.54) is 12.3 Å². The van der Waals surface area contributed by atoms with Crippen LogP contribution in [0.3, 0.4) is 0 Å². The average molecular weight is 411 g/mol. The first-order valence-electron chi connectivity index (χ1n) is 8.42. The zero-order valence-corrected chi connectivity index (χ0v) is 15.2. The van der Waals surface area contributed by atoms with Crippen molar-refractivity contribution in [1.29, 1.82) is 0 Å². The number of halogens is 3. The van der Waals surface area contributed by atoms with Gasteiger partial charge in [-0.3, -0.25) is 14.7 Å². The third kappa shape index (κ3) is 2.53. The second-order valence-electron chi connectivity index (χ2n) is 6.40. The Labute approximate surface area is 166 Å². The lowest BCUT2D eigenvalue weighted by atomic mass is 10.0. The van der Waals surface area contributed by atoms with Gasteiger partial charge in [-0.15, -0.1) is 0 Å². The van der Waals surface area contributed by atoms with Gasteiger partial charge in [0.15, 0.2) is 17.3 Å². The number of fused-ring (bicyclic) bond motifs is 3. The highest BCUT2D eigenvalue weighted by atomic mass is 35.5. The second-order valence-corrected chi connectivity index (χ2v) is 6.83. The number of amides is 2. The molecule has 0 radical (unpaired) electrons. The van der Waals surface area contributed by atoms with Crippen molar-refractivity contribution in [2.45, 2.75) is 0 Å². The van der Waals surface area contributed by atoms with Crippen molar-refractivity contribution in [3.05, 3.63) is 76.4 Å². The van der Waals surface area contributed by atoms with Gasteiger partial charge < -0.3 is 0 Å². The topological polar surface area (TPSA) is 79.0 Å². The zero-order chi connectivity index (χ0) is 20.3. The predicted molar refractivity (Wildman–Crippen MR) is 102 cm³/mol. The molecule has 2 aromatic heterocycles. The maximum Gasteiger partial charge on any atom is 0.267 e. The van der Waals surface area contributed by atoms with Crippen LogP contribution in [-0.4, -0.2) is 27.0 Å². The number of hydrogen-bond acceptors (Lipinski definition) is 4. The molecule has 9 heteroatoms. The molecule has 2 amide bonds. The summed E-state index contributed by atoms with van der Waals surface area (Å²) < 4.78 is 27.0. The van der Waals surface area contributed by atoms with Gasteiger partial charge in [-0.05, 0) is 24.3 Å². The lowest BCUT2D eigenvalue weighted by molar-refractivity contribution is 0.0926. The van der Waals surface area contributed by atoms with E-state index in [1.807, 2.05) is 0 Å². The molecule has 0 bridgehead atoms. The van der Waals surface area contributed by atoms with Crippen molar-refractivity contribution in [1.82, 2.24) is 15.2 Å². The van der Waals surface area contributed by atoms with Gasteiger partial charge >= 0.3 is 0 Å². The number of aromatic amines is 1. The summed E-state index contributed by atoms with van der Waals surface area (Å²) >= 11 is 5.94. The number of carbonyl (C=O) groups is 2. The largest absolute Gasteiger partial charge is 0.275 e. The average Bonchev–Trinajstić information content (AvgIpc) is 3.24. The molecular weight excluding hydrogens is 402 g/mol. The van der Waals surface area contributed by atoms with E-state index >= 15 is 0 Å². The molecule has 0 saturated carbocycles. The molecular formula is C20H9ClF2N4O2. The van der Waals surface area contributed by atoms with Crippen LogP contribution in [0, 0.1) is 11.6 Å². The molecule has 0 unspecified atom stereocenters. The fourth-order valence-electron chi connectivity index (χ4n) is 3.38. The van der Waals surface area contributed by atoms with Crippen molar-refractivity contribution in [3.63, 3.8) is 0 Å². The number of pyridine rings is 1. The molecule has 0 fully saturated rings. The smallest absolute Gasteiger partial charge is 0.267 e. The Morgan fingerprint density at radius 2 is 1.72 bits per heavy atom. The molecule has 0 saturated heterocycles. The van der Waals surface area contributed by atoms with E-state index in [1.54, 1.807) is 24.3 Å². The van der Waals surface area contributed by atoms with Crippen LogP contribution in [0.25, 0.3) is 22.3 Å². The number of nitrogens with zero attached hydrogens (tertiary/aromatic N) is 3. The Bertz CT molecular complexity index is 1330. The molecule has 0 aliphatic carbocycles. The summed E-state index contributed by atoms with van der Waals surface area (Å²) in [5.41, 5.74) is 1.53. The lowest BCUT2D eigenvalue weighted by Gasteiger charge is -2.13. The highest BCUT2D eigenvalue weighted by molar-refractivity contribution is 6.38. The molecule has 1 N–H and O–H groups in total. The molecule has 1 aliphatic rings. The Hall–Kier alpha value is -3.65. The minimum Gasteiger partial charge on any atom is -0.275 e. The Morgan fingerprint density at radius 3 is 2.45 bits per heavy atom. The summed E-state index contributed by atoms with van der Waals surface area (Å²) in [5.74, 6) is -3.57. The van der Waals surface area contributed by atoms with E-state index in [0.717, 1.165) is 17.0 Å². The van der Waals surface area contributed by atoms with Gasteiger partial charge in [0.05, 0.1) is 27.9 Å². The fourth-order valence-corrected chi connectivity index (χ4v) is 3.51. The summed E-state index contributed by atoms with van der Waals surface area (Å²) in [6, 6.07) is 9.67. The van der Waals surface area contributed by atoms with Gasteiger partial charge in [0, 0.05) is 22.8 Å². The van der Waals surface area contributed by atoms with Crippen LogP contribution < -0.4 is 4.90 Å². The van der Waals surface area contributed by atoms with E-state index in [-0.39, 0.29) is 22.5 Å². The van der Waals surface area contributed by atoms with Crippen LogP contribution in [0.1, 0.15) is 20.7 Å². The van der Waals surface area contributed by atoms with E-state index < -0.39 is 23.4 Å². The molecule has 3 heterocycles. The number of imide groups is 1. The van der Waals surface area contributed by atoms with Crippen LogP contribution in [0.4, 0.5) is 14.5 Å². The number of hydrogen-bond donors (Lipinski definition) is 1. The molecule has 1 aliphatic heterocycles. The molecule has 142 valence electrons. The SMILES string of the molecule is O=C1c2cnc3n[nH]c(-c4ccc(Cl)cc4)c3c2C(=O)N1c1ccc(F)c(F)c1. The van der Waals surface area contributed by atoms with Crippen molar-refractivity contribution in [2.24, 2.45) is 0 Å². The first-order chi connectivity index (χ1) is 14.0. The quantitative estimate of drug-likeness (QED) is 0.498. The van der Waals surface area contributed by atoms with Crippen LogP contribution >= 0.6 is 11.6 Å². The molecule has 0 spiro atoms. The molecule has 6 nitrogen and oxygen atoms in total. The molecule has 0 atom stereocenters. The normalized spacial score (nSPS) is 13.4. The minimum atomic E-state index is -1.16. The summed E-state index contributed by atoms with van der Waals surface area (Å²) in [5, 5.41) is 7.86. The monoisotopic (exact) mass is 410 g/mol. The molecule has 5 rings (SSSR count). The van der Waals surface area contributed by atoms with E-state index in [2.05, 4.69) is 15.2 Å². The highest BCUT2D eigenvalue weighted by Crippen LogP contribution is 2.36. The summed E-state index contributed by atoms with van der Waals surface area (Å²) in [4.78, 5) is 31.0. The van der Waals surface area contributed by atoms with Gasteiger partial charge in [-0.25, -0.2) is 18.7 Å². The lowest BCUT2D eigenvalue weighted by Crippen LogP contribution is -2.29. The summed E-state index contributed by atoms with van der Waals surface area (Å²) in [6.07, 6.45) is 1.25. The van der Waals surface area contributed by atoms with Crippen LogP contribution in [0.15, 0.2) is 48.7 Å².